The fourth-order valence-electron chi connectivity index (χ4n) is 2.47. The van der Waals surface area contributed by atoms with Gasteiger partial charge in [0.05, 0.1) is 17.2 Å². The van der Waals surface area contributed by atoms with Gasteiger partial charge in [0.1, 0.15) is 12.0 Å². The lowest BCUT2D eigenvalue weighted by Gasteiger charge is -2.37. The van der Waals surface area contributed by atoms with Crippen molar-refractivity contribution in [1.82, 2.24) is 10.3 Å². The van der Waals surface area contributed by atoms with Gasteiger partial charge in [0.2, 0.25) is 0 Å². The van der Waals surface area contributed by atoms with Gasteiger partial charge in [0.15, 0.2) is 0 Å². The summed E-state index contributed by atoms with van der Waals surface area (Å²) in [7, 11) is 5.60. The Morgan fingerprint density at radius 3 is 2.52 bits per heavy atom. The van der Waals surface area contributed by atoms with Crippen molar-refractivity contribution in [1.29, 1.82) is 0 Å². The monoisotopic (exact) mass is 371 g/mol. The van der Waals surface area contributed by atoms with Crippen LogP contribution in [0.4, 0.5) is 5.82 Å². The van der Waals surface area contributed by atoms with Gasteiger partial charge in [-0.2, -0.15) is 0 Å². The zero-order chi connectivity index (χ0) is 20.2. The summed E-state index contributed by atoms with van der Waals surface area (Å²) in [6.45, 7) is 9.34. The topological polar surface area (TPSA) is 70.0 Å². The molecule has 1 aromatic heterocycles. The minimum Gasteiger partial charge on any atom is -0.427 e. The second-order valence-corrected chi connectivity index (χ2v) is 8.06. The van der Waals surface area contributed by atoms with E-state index < -0.39 is 11.2 Å². The molecule has 27 heavy (non-hydrogen) atoms. The molecule has 1 aliphatic heterocycles. The number of nitrogens with zero attached hydrogens (tertiary/aromatic N) is 3. The summed E-state index contributed by atoms with van der Waals surface area (Å²) < 4.78 is 5.78. The molecule has 2 unspecified atom stereocenters. The number of hydrogen-bond donors (Lipinski definition) is 2. The molecule has 0 fully saturated rings. The Morgan fingerprint density at radius 2 is 2.04 bits per heavy atom. The van der Waals surface area contributed by atoms with Crippen LogP contribution in [-0.4, -0.2) is 61.3 Å². The number of pyridine rings is 1. The van der Waals surface area contributed by atoms with Crippen LogP contribution in [0.15, 0.2) is 35.0 Å². The summed E-state index contributed by atoms with van der Waals surface area (Å²) in [5.74, 6) is 0.881. The minimum absolute atomic E-state index is 0.173. The quantitative estimate of drug-likeness (QED) is 0.681. The Hall–Kier alpha value is -1.70. The molecule has 0 saturated heterocycles. The molecule has 1 aliphatic rings. The van der Waals surface area contributed by atoms with Gasteiger partial charge >= 0.3 is 7.48 Å². The molecule has 6 nitrogen and oxygen atoms in total. The highest BCUT2D eigenvalue weighted by atomic mass is 16.5. The molecular formula is C20H32BN4O2. The lowest BCUT2D eigenvalue weighted by Crippen LogP contribution is -2.49. The van der Waals surface area contributed by atoms with Gasteiger partial charge < -0.3 is 14.7 Å². The van der Waals surface area contributed by atoms with E-state index in [2.05, 4.69) is 33.2 Å². The highest BCUT2D eigenvalue weighted by Gasteiger charge is 2.35. The smallest absolute Gasteiger partial charge is 0.332 e. The number of nitrogens with one attached hydrogen (secondary N) is 1. The Kier molecular flexibility index (Phi) is 6.84. The number of rotatable bonds is 8. The van der Waals surface area contributed by atoms with Crippen molar-refractivity contribution < 1.29 is 9.76 Å². The SMILES string of the molecule is CNC1CC=C(C(C)N(C)c2ccc([B]OC(C)(C)C(C)(C)O)cn2)C=N1. The number of aromatic nitrogens is 1. The van der Waals surface area contributed by atoms with Crippen LogP contribution >= 0.6 is 0 Å². The van der Waals surface area contributed by atoms with E-state index in [0.29, 0.717) is 0 Å². The normalized spacial score (nSPS) is 18.8. The first-order valence-electron chi connectivity index (χ1n) is 9.38. The van der Waals surface area contributed by atoms with E-state index in [9.17, 15) is 5.11 Å². The van der Waals surface area contributed by atoms with Crippen molar-refractivity contribution in [2.75, 3.05) is 19.0 Å². The van der Waals surface area contributed by atoms with Gasteiger partial charge in [-0.1, -0.05) is 12.1 Å². The van der Waals surface area contributed by atoms with Gasteiger partial charge in [-0.3, -0.25) is 10.3 Å². The second kappa shape index (κ2) is 8.54. The molecule has 1 radical (unpaired) electrons. The second-order valence-electron chi connectivity index (χ2n) is 8.06. The molecular weight excluding hydrogens is 339 g/mol. The molecule has 2 rings (SSSR count). The van der Waals surface area contributed by atoms with Crippen LogP contribution in [0.1, 0.15) is 41.0 Å². The van der Waals surface area contributed by atoms with Gasteiger partial charge in [-0.15, -0.1) is 0 Å². The fourth-order valence-corrected chi connectivity index (χ4v) is 2.47. The van der Waals surface area contributed by atoms with Crippen LogP contribution < -0.4 is 15.7 Å². The molecule has 0 saturated carbocycles. The van der Waals surface area contributed by atoms with Gasteiger partial charge in [-0.25, -0.2) is 4.98 Å². The van der Waals surface area contributed by atoms with E-state index in [4.69, 9.17) is 4.65 Å². The average molecular weight is 371 g/mol. The fraction of sp³-hybridized carbons (Fsp3) is 0.600. The van der Waals surface area contributed by atoms with Crippen LogP contribution in [0.2, 0.25) is 0 Å². The highest BCUT2D eigenvalue weighted by Crippen LogP contribution is 2.24. The summed E-state index contributed by atoms with van der Waals surface area (Å²) in [5.41, 5.74) is 0.396. The minimum atomic E-state index is -0.950. The molecule has 147 valence electrons. The third-order valence-electron chi connectivity index (χ3n) is 5.47. The molecule has 0 spiro atoms. The molecule has 2 atom stereocenters. The zero-order valence-electron chi connectivity index (χ0n) is 17.5. The molecule has 0 amide bonds. The first-order chi connectivity index (χ1) is 12.5. The van der Waals surface area contributed by atoms with Gasteiger partial charge in [-0.05, 0) is 58.8 Å². The zero-order valence-corrected chi connectivity index (χ0v) is 17.5. The molecule has 1 aromatic rings. The highest BCUT2D eigenvalue weighted by molar-refractivity contribution is 6.46. The van der Waals surface area contributed by atoms with Gasteiger partial charge in [0.25, 0.3) is 0 Å². The third-order valence-corrected chi connectivity index (χ3v) is 5.47. The lowest BCUT2D eigenvalue weighted by molar-refractivity contribution is -0.0893. The summed E-state index contributed by atoms with van der Waals surface area (Å²) in [6.07, 6.45) is 7.02. The Morgan fingerprint density at radius 1 is 1.33 bits per heavy atom. The van der Waals surface area contributed by atoms with Crippen LogP contribution in [0.5, 0.6) is 0 Å². The number of aliphatic hydroxyl groups is 1. The summed E-state index contributed by atoms with van der Waals surface area (Å²) in [6, 6.07) is 4.12. The maximum Gasteiger partial charge on any atom is 0.332 e. The lowest BCUT2D eigenvalue weighted by atomic mass is 9.83. The maximum atomic E-state index is 10.2. The van der Waals surface area contributed by atoms with E-state index in [1.165, 1.54) is 5.57 Å². The molecule has 2 heterocycles. The van der Waals surface area contributed by atoms with Gasteiger partial charge in [0, 0.05) is 25.9 Å². The molecule has 0 bridgehead atoms. The molecule has 0 aliphatic carbocycles. The molecule has 7 heteroatoms. The Bertz CT molecular complexity index is 680. The summed E-state index contributed by atoms with van der Waals surface area (Å²) in [4.78, 5) is 11.2. The van der Waals surface area contributed by atoms with Crippen molar-refractivity contribution >= 4 is 25.0 Å². The Balaban J connectivity index is 1.98. The van der Waals surface area contributed by atoms with E-state index >= 15 is 0 Å². The van der Waals surface area contributed by atoms with Crippen molar-refractivity contribution in [3.63, 3.8) is 0 Å². The summed E-state index contributed by atoms with van der Waals surface area (Å²) in [5, 5.41) is 13.3. The van der Waals surface area contributed by atoms with Crippen molar-refractivity contribution in [2.24, 2.45) is 4.99 Å². The van der Waals surface area contributed by atoms with E-state index in [0.717, 1.165) is 17.7 Å². The van der Waals surface area contributed by atoms with Crippen molar-refractivity contribution in [2.45, 2.75) is 64.4 Å². The van der Waals surface area contributed by atoms with Crippen LogP contribution in [0, 0.1) is 0 Å². The first-order valence-corrected chi connectivity index (χ1v) is 9.38. The standard InChI is InChI=1S/C20H32BN4O2/c1-14(15-8-10-17(22-6)23-12-15)25(7)18-11-9-16(13-24-18)21-27-20(4,5)19(2,3)26/h8-9,11-14,17,22,26H,10H2,1-7H3. The van der Waals surface area contributed by atoms with Crippen molar-refractivity contribution in [3.8, 4) is 0 Å². The predicted molar refractivity (Wildman–Crippen MR) is 113 cm³/mol. The van der Waals surface area contributed by atoms with E-state index in [1.807, 2.05) is 46.3 Å². The first kappa shape index (κ1) is 21.6. The molecule has 0 aromatic carbocycles. The predicted octanol–water partition coefficient (Wildman–Crippen LogP) is 1.66. The Labute approximate surface area is 164 Å². The largest absolute Gasteiger partial charge is 0.427 e. The van der Waals surface area contributed by atoms with Crippen LogP contribution in [0.3, 0.4) is 0 Å². The van der Waals surface area contributed by atoms with E-state index in [-0.39, 0.29) is 12.2 Å². The third kappa shape index (κ3) is 5.40. The number of dihydropyridines is 1. The number of hydrogen-bond acceptors (Lipinski definition) is 6. The van der Waals surface area contributed by atoms with Crippen LogP contribution in [-0.2, 0) is 4.65 Å². The maximum absolute atomic E-state index is 10.2. The number of anilines is 1. The summed E-state index contributed by atoms with van der Waals surface area (Å²) >= 11 is 0. The van der Waals surface area contributed by atoms with Crippen molar-refractivity contribution in [3.05, 3.63) is 30.0 Å². The van der Waals surface area contributed by atoms with E-state index in [1.54, 1.807) is 27.5 Å². The average Bonchev–Trinajstić information content (AvgIpc) is 2.65. The number of aliphatic imine (C=N–C) groups is 1. The van der Waals surface area contributed by atoms with Crippen LogP contribution in [0.25, 0.3) is 0 Å². The number of likely N-dealkylation sites (N-methyl/N-ethyl adjacent to an activating group) is 1. The molecule has 2 N–H and O–H groups in total.